The number of sulfonamides is 1. The van der Waals surface area contributed by atoms with Crippen LogP contribution in [0.4, 0.5) is 4.79 Å². The predicted molar refractivity (Wildman–Crippen MR) is 133 cm³/mol. The second-order valence-corrected chi connectivity index (χ2v) is 10.0. The largest absolute Gasteiger partial charge is 0.515 e. The molecule has 10 nitrogen and oxygen atoms in total. The fourth-order valence-corrected chi connectivity index (χ4v) is 4.06. The molecule has 0 aliphatic heterocycles. The van der Waals surface area contributed by atoms with Crippen molar-refractivity contribution in [3.8, 4) is 5.88 Å². The number of carbonyl (C=O) groups is 3. The van der Waals surface area contributed by atoms with Crippen LogP contribution in [0.1, 0.15) is 74.1 Å². The summed E-state index contributed by atoms with van der Waals surface area (Å²) in [4.78, 5) is 42.3. The Bertz CT molecular complexity index is 1120. The number of nitrogens with one attached hydrogen (secondary N) is 1. The molecule has 1 heterocycles. The number of nitrogens with zero attached hydrogens (tertiary/aromatic N) is 2. The Morgan fingerprint density at radius 1 is 0.944 bits per heavy atom. The maximum absolute atomic E-state index is 12.9. The molecule has 11 heteroatoms. The van der Waals surface area contributed by atoms with Crippen molar-refractivity contribution in [3.63, 3.8) is 0 Å². The standard InChI is InChI=1S/C25H33N3O7S/c1-5-7-15-28(16-8-6-2)24(30)19-9-12-21(13-10-19)36(32,33)27-23(29)20-11-14-22(26-17-20)35-25(31)34-18(3)4/h9-14,17-18H,5-8,15-16H2,1-4H3,(H,27,29). The van der Waals surface area contributed by atoms with E-state index in [1.54, 1.807) is 18.7 Å². The molecule has 0 aliphatic carbocycles. The van der Waals surface area contributed by atoms with Gasteiger partial charge in [0.05, 0.1) is 16.6 Å². The maximum Gasteiger partial charge on any atom is 0.515 e. The van der Waals surface area contributed by atoms with Gasteiger partial charge >= 0.3 is 6.16 Å². The Morgan fingerprint density at radius 2 is 1.53 bits per heavy atom. The van der Waals surface area contributed by atoms with Crippen LogP contribution in [0.15, 0.2) is 47.5 Å². The molecule has 0 atom stereocenters. The molecule has 2 aromatic rings. The Labute approximate surface area is 212 Å². The molecule has 1 aromatic carbocycles. The van der Waals surface area contributed by atoms with Gasteiger partial charge in [0, 0.05) is 30.9 Å². The minimum absolute atomic E-state index is 0.0579. The second-order valence-electron chi connectivity index (χ2n) is 8.36. The summed E-state index contributed by atoms with van der Waals surface area (Å²) in [5.74, 6) is -1.17. The molecule has 0 unspecified atom stereocenters. The van der Waals surface area contributed by atoms with Gasteiger partial charge in [-0.1, -0.05) is 26.7 Å². The van der Waals surface area contributed by atoms with Crippen LogP contribution in [0.2, 0.25) is 0 Å². The van der Waals surface area contributed by atoms with Crippen LogP contribution in [-0.4, -0.2) is 55.5 Å². The monoisotopic (exact) mass is 519 g/mol. The van der Waals surface area contributed by atoms with Crippen molar-refractivity contribution in [2.24, 2.45) is 0 Å². The Hall–Kier alpha value is -3.47. The minimum atomic E-state index is -4.20. The molecule has 1 N–H and O–H groups in total. The molecule has 0 radical (unpaired) electrons. The number of amides is 2. The van der Waals surface area contributed by atoms with E-state index in [0.29, 0.717) is 18.7 Å². The molecule has 196 valence electrons. The minimum Gasteiger partial charge on any atom is -0.431 e. The summed E-state index contributed by atoms with van der Waals surface area (Å²) in [7, 11) is -4.20. The van der Waals surface area contributed by atoms with Crippen molar-refractivity contribution in [2.75, 3.05) is 13.1 Å². The van der Waals surface area contributed by atoms with Crippen molar-refractivity contribution in [3.05, 3.63) is 53.7 Å². The number of rotatable bonds is 12. The molecule has 0 spiro atoms. The average molecular weight is 520 g/mol. The number of aromatic nitrogens is 1. The van der Waals surface area contributed by atoms with Crippen molar-refractivity contribution in [1.29, 1.82) is 0 Å². The number of carbonyl (C=O) groups excluding carboxylic acids is 3. The van der Waals surface area contributed by atoms with Crippen LogP contribution in [0.5, 0.6) is 5.88 Å². The fraction of sp³-hybridized carbons (Fsp3) is 0.440. The number of ether oxygens (including phenoxy) is 2. The van der Waals surface area contributed by atoms with Gasteiger partial charge in [0.2, 0.25) is 5.88 Å². The smallest absolute Gasteiger partial charge is 0.431 e. The van der Waals surface area contributed by atoms with E-state index >= 15 is 0 Å². The molecule has 0 saturated heterocycles. The number of hydrogen-bond donors (Lipinski definition) is 1. The van der Waals surface area contributed by atoms with E-state index in [2.05, 4.69) is 18.8 Å². The van der Waals surface area contributed by atoms with Crippen LogP contribution in [-0.2, 0) is 14.8 Å². The Kier molecular flexibility index (Phi) is 10.8. The summed E-state index contributed by atoms with van der Waals surface area (Å²) in [6.07, 6.45) is 3.45. The van der Waals surface area contributed by atoms with E-state index in [1.165, 1.54) is 36.4 Å². The number of hydrogen-bond acceptors (Lipinski definition) is 8. The van der Waals surface area contributed by atoms with Gasteiger partial charge in [0.15, 0.2) is 0 Å². The molecule has 0 bridgehead atoms. The van der Waals surface area contributed by atoms with E-state index in [9.17, 15) is 22.8 Å². The summed E-state index contributed by atoms with van der Waals surface area (Å²) in [5.41, 5.74) is 0.320. The second kappa shape index (κ2) is 13.6. The molecular formula is C25H33N3O7S. The number of benzene rings is 1. The fourth-order valence-electron chi connectivity index (χ4n) is 3.09. The van der Waals surface area contributed by atoms with Crippen LogP contribution < -0.4 is 9.46 Å². The third kappa shape index (κ3) is 8.63. The highest BCUT2D eigenvalue weighted by Crippen LogP contribution is 2.15. The van der Waals surface area contributed by atoms with Gasteiger partial charge in [-0.15, -0.1) is 0 Å². The zero-order valence-corrected chi connectivity index (χ0v) is 21.8. The highest BCUT2D eigenvalue weighted by molar-refractivity contribution is 7.90. The first-order chi connectivity index (χ1) is 17.1. The summed E-state index contributed by atoms with van der Waals surface area (Å²) in [6.45, 7) is 8.70. The Morgan fingerprint density at radius 3 is 2.03 bits per heavy atom. The quantitative estimate of drug-likeness (QED) is 0.413. The summed E-state index contributed by atoms with van der Waals surface area (Å²) in [5, 5.41) is 0. The van der Waals surface area contributed by atoms with Crippen molar-refractivity contribution < 1.29 is 32.3 Å². The van der Waals surface area contributed by atoms with Crippen LogP contribution in [0.25, 0.3) is 0 Å². The maximum atomic E-state index is 12.9. The lowest BCUT2D eigenvalue weighted by Crippen LogP contribution is -2.33. The Balaban J connectivity index is 2.06. The molecule has 0 fully saturated rings. The number of pyridine rings is 1. The van der Waals surface area contributed by atoms with E-state index in [4.69, 9.17) is 9.47 Å². The van der Waals surface area contributed by atoms with E-state index < -0.39 is 22.1 Å². The molecule has 1 aromatic heterocycles. The lowest BCUT2D eigenvalue weighted by atomic mass is 10.1. The van der Waals surface area contributed by atoms with Crippen molar-refractivity contribution in [2.45, 2.75) is 64.4 Å². The van der Waals surface area contributed by atoms with Gasteiger partial charge in [-0.2, -0.15) is 0 Å². The van der Waals surface area contributed by atoms with E-state index in [-0.39, 0.29) is 28.4 Å². The van der Waals surface area contributed by atoms with E-state index in [1.807, 2.05) is 4.72 Å². The van der Waals surface area contributed by atoms with Crippen molar-refractivity contribution in [1.82, 2.24) is 14.6 Å². The number of unbranched alkanes of at least 4 members (excludes halogenated alkanes) is 2. The molecule has 0 saturated carbocycles. The normalized spacial score (nSPS) is 11.1. The predicted octanol–water partition coefficient (Wildman–Crippen LogP) is 4.17. The van der Waals surface area contributed by atoms with Gasteiger partial charge < -0.3 is 14.4 Å². The first-order valence-corrected chi connectivity index (χ1v) is 13.4. The van der Waals surface area contributed by atoms with Gasteiger partial charge in [-0.05, 0) is 57.0 Å². The third-order valence-corrected chi connectivity index (χ3v) is 6.35. The highest BCUT2D eigenvalue weighted by Gasteiger charge is 2.21. The topological polar surface area (TPSA) is 132 Å². The molecule has 0 aliphatic rings. The zero-order valence-electron chi connectivity index (χ0n) is 21.0. The van der Waals surface area contributed by atoms with Crippen LogP contribution >= 0.6 is 0 Å². The first kappa shape index (κ1) is 28.8. The van der Waals surface area contributed by atoms with Crippen molar-refractivity contribution >= 4 is 28.0 Å². The van der Waals surface area contributed by atoms with Gasteiger partial charge in [-0.3, -0.25) is 9.59 Å². The van der Waals surface area contributed by atoms with Gasteiger partial charge in [0.1, 0.15) is 0 Å². The first-order valence-electron chi connectivity index (χ1n) is 11.9. The van der Waals surface area contributed by atoms with Gasteiger partial charge in [-0.25, -0.2) is 22.9 Å². The SMILES string of the molecule is CCCCN(CCCC)C(=O)c1ccc(S(=O)(=O)NC(=O)c2ccc(OC(=O)OC(C)C)nc2)cc1. The van der Waals surface area contributed by atoms with Crippen LogP contribution in [0, 0.1) is 0 Å². The van der Waals surface area contributed by atoms with Gasteiger partial charge in [0.25, 0.3) is 21.8 Å². The lowest BCUT2D eigenvalue weighted by Gasteiger charge is -2.22. The highest BCUT2D eigenvalue weighted by atomic mass is 32.2. The zero-order chi connectivity index (χ0) is 26.7. The molecule has 2 amide bonds. The summed E-state index contributed by atoms with van der Waals surface area (Å²) >= 11 is 0. The third-order valence-electron chi connectivity index (χ3n) is 5.01. The summed E-state index contributed by atoms with van der Waals surface area (Å²) in [6, 6.07) is 7.96. The average Bonchev–Trinajstić information content (AvgIpc) is 2.83. The molecule has 36 heavy (non-hydrogen) atoms. The lowest BCUT2D eigenvalue weighted by molar-refractivity contribution is 0.0713. The molecule has 2 rings (SSSR count). The van der Waals surface area contributed by atoms with E-state index in [0.717, 1.165) is 31.9 Å². The van der Waals surface area contributed by atoms with Crippen LogP contribution in [0.3, 0.4) is 0 Å². The summed E-state index contributed by atoms with van der Waals surface area (Å²) < 4.78 is 37.1. The molecular weight excluding hydrogens is 486 g/mol.